The Morgan fingerprint density at radius 2 is 1.73 bits per heavy atom. The molecule has 1 fully saturated rings. The number of rotatable bonds is 6. The molecular formula is C22H28N2O5S. The first-order chi connectivity index (χ1) is 14.2. The Hall–Kier alpha value is -2.58. The average molecular weight is 433 g/mol. The third kappa shape index (κ3) is 5.12. The van der Waals surface area contributed by atoms with Crippen molar-refractivity contribution in [1.29, 1.82) is 0 Å². The molecule has 30 heavy (non-hydrogen) atoms. The molecule has 7 nitrogen and oxygen atoms in total. The zero-order valence-corrected chi connectivity index (χ0v) is 18.3. The number of hydrogen-bond acceptors (Lipinski definition) is 5. The summed E-state index contributed by atoms with van der Waals surface area (Å²) in [5.74, 6) is 0.301. The van der Waals surface area contributed by atoms with Crippen LogP contribution < -0.4 is 9.46 Å². The van der Waals surface area contributed by atoms with E-state index in [1.54, 1.807) is 41.3 Å². The molecule has 2 aromatic carbocycles. The molecule has 1 aliphatic heterocycles. The summed E-state index contributed by atoms with van der Waals surface area (Å²) >= 11 is 0. The maximum atomic E-state index is 12.9. The maximum absolute atomic E-state index is 12.9. The van der Waals surface area contributed by atoms with Crippen molar-refractivity contribution in [3.05, 3.63) is 53.1 Å². The van der Waals surface area contributed by atoms with Crippen LogP contribution in [-0.4, -0.2) is 50.6 Å². The van der Waals surface area contributed by atoms with E-state index in [0.29, 0.717) is 37.4 Å². The van der Waals surface area contributed by atoms with E-state index < -0.39 is 10.0 Å². The van der Waals surface area contributed by atoms with Gasteiger partial charge in [-0.3, -0.25) is 9.52 Å². The Balaban J connectivity index is 1.69. The molecule has 0 unspecified atom stereocenters. The fourth-order valence-corrected chi connectivity index (χ4v) is 4.73. The van der Waals surface area contributed by atoms with Crippen molar-refractivity contribution in [2.75, 3.05) is 24.9 Å². The summed E-state index contributed by atoms with van der Waals surface area (Å²) in [7, 11) is -2.39. The minimum atomic E-state index is -3.83. The first kappa shape index (κ1) is 22.1. The van der Waals surface area contributed by atoms with Crippen LogP contribution in [0.1, 0.15) is 29.5 Å². The average Bonchev–Trinajstić information content (AvgIpc) is 2.71. The van der Waals surface area contributed by atoms with Crippen LogP contribution in [0.4, 0.5) is 5.69 Å². The van der Waals surface area contributed by atoms with Crippen LogP contribution in [0, 0.1) is 13.8 Å². The molecule has 0 aromatic heterocycles. The van der Waals surface area contributed by atoms with Crippen LogP contribution >= 0.6 is 0 Å². The molecule has 162 valence electrons. The lowest BCUT2D eigenvalue weighted by atomic mass is 10.1. The summed E-state index contributed by atoms with van der Waals surface area (Å²) in [6, 6.07) is 10.1. The van der Waals surface area contributed by atoms with Gasteiger partial charge < -0.3 is 14.7 Å². The summed E-state index contributed by atoms with van der Waals surface area (Å²) in [4.78, 5) is 14.3. The number of amides is 1. The number of aliphatic hydroxyl groups excluding tert-OH is 1. The molecule has 0 aliphatic carbocycles. The second-order valence-corrected chi connectivity index (χ2v) is 9.33. The van der Waals surface area contributed by atoms with Gasteiger partial charge in [-0.1, -0.05) is 12.1 Å². The number of piperidine rings is 1. The lowest BCUT2D eigenvalue weighted by molar-refractivity contribution is -0.132. The van der Waals surface area contributed by atoms with Crippen molar-refractivity contribution in [3.8, 4) is 5.75 Å². The van der Waals surface area contributed by atoms with Gasteiger partial charge in [-0.2, -0.15) is 0 Å². The Bertz CT molecular complexity index is 1010. The Morgan fingerprint density at radius 3 is 2.33 bits per heavy atom. The van der Waals surface area contributed by atoms with Crippen molar-refractivity contribution in [3.63, 3.8) is 0 Å². The molecule has 2 N–H and O–H groups in total. The molecule has 1 amide bonds. The van der Waals surface area contributed by atoms with Crippen molar-refractivity contribution >= 4 is 21.6 Å². The fraction of sp³-hybridized carbons (Fsp3) is 0.409. The normalized spacial score (nSPS) is 15.1. The van der Waals surface area contributed by atoms with Gasteiger partial charge in [-0.05, 0) is 67.6 Å². The topological polar surface area (TPSA) is 95.9 Å². The molecule has 3 rings (SSSR count). The molecule has 0 saturated carbocycles. The molecule has 8 heteroatoms. The monoisotopic (exact) mass is 432 g/mol. The summed E-state index contributed by atoms with van der Waals surface area (Å²) in [6.45, 7) is 4.88. The van der Waals surface area contributed by atoms with E-state index in [1.165, 1.54) is 7.11 Å². The Kier molecular flexibility index (Phi) is 6.67. The van der Waals surface area contributed by atoms with Crippen molar-refractivity contribution in [2.45, 2.75) is 44.1 Å². The van der Waals surface area contributed by atoms with Crippen LogP contribution in [0.3, 0.4) is 0 Å². The Labute approximate surface area is 177 Å². The van der Waals surface area contributed by atoms with Gasteiger partial charge in [0.15, 0.2) is 0 Å². The summed E-state index contributed by atoms with van der Waals surface area (Å²) in [5, 5.41) is 9.56. The number of carbonyl (C=O) groups is 1. The van der Waals surface area contributed by atoms with Gasteiger partial charge in [-0.15, -0.1) is 0 Å². The largest absolute Gasteiger partial charge is 0.495 e. The van der Waals surface area contributed by atoms with E-state index in [4.69, 9.17) is 4.74 Å². The highest BCUT2D eigenvalue weighted by Crippen LogP contribution is 2.29. The molecule has 1 heterocycles. The number of benzene rings is 2. The van der Waals surface area contributed by atoms with Gasteiger partial charge in [0, 0.05) is 18.8 Å². The van der Waals surface area contributed by atoms with Gasteiger partial charge in [0.2, 0.25) is 5.91 Å². The lowest BCUT2D eigenvalue weighted by Gasteiger charge is -2.29. The van der Waals surface area contributed by atoms with Crippen LogP contribution in [0.25, 0.3) is 0 Å². The number of carbonyl (C=O) groups excluding carboxylic acids is 1. The minimum Gasteiger partial charge on any atom is -0.495 e. The highest BCUT2D eigenvalue weighted by Gasteiger charge is 2.22. The molecular weight excluding hydrogens is 404 g/mol. The first-order valence-corrected chi connectivity index (χ1v) is 11.4. The molecule has 0 bridgehead atoms. The number of methoxy groups -OCH3 is 1. The van der Waals surface area contributed by atoms with E-state index in [2.05, 4.69) is 4.72 Å². The summed E-state index contributed by atoms with van der Waals surface area (Å²) in [6.07, 6.45) is 1.13. The van der Waals surface area contributed by atoms with Crippen LogP contribution in [0.2, 0.25) is 0 Å². The molecule has 0 radical (unpaired) electrons. The first-order valence-electron chi connectivity index (χ1n) is 9.92. The number of hydrogen-bond donors (Lipinski definition) is 2. The number of anilines is 1. The van der Waals surface area contributed by atoms with Crippen LogP contribution in [-0.2, 0) is 21.2 Å². The number of sulfonamides is 1. The number of nitrogens with one attached hydrogen (secondary N) is 1. The number of aryl methyl sites for hydroxylation is 2. The predicted octanol–water partition coefficient (Wildman–Crippen LogP) is 2.64. The van der Waals surface area contributed by atoms with Gasteiger partial charge in [-0.25, -0.2) is 8.42 Å². The van der Waals surface area contributed by atoms with Crippen molar-refractivity contribution < 1.29 is 23.1 Å². The van der Waals surface area contributed by atoms with Crippen LogP contribution in [0.5, 0.6) is 5.75 Å². The van der Waals surface area contributed by atoms with E-state index in [-0.39, 0.29) is 23.3 Å². The highest BCUT2D eigenvalue weighted by molar-refractivity contribution is 7.92. The van der Waals surface area contributed by atoms with Gasteiger partial charge in [0.05, 0.1) is 19.6 Å². The van der Waals surface area contributed by atoms with Crippen molar-refractivity contribution in [1.82, 2.24) is 4.90 Å². The summed E-state index contributed by atoms with van der Waals surface area (Å²) in [5.41, 5.74) is 3.02. The summed E-state index contributed by atoms with van der Waals surface area (Å²) < 4.78 is 33.6. The quantitative estimate of drug-likeness (QED) is 0.732. The number of likely N-dealkylation sites (tertiary alicyclic amines) is 1. The zero-order chi connectivity index (χ0) is 21.9. The van der Waals surface area contributed by atoms with E-state index >= 15 is 0 Å². The molecule has 0 atom stereocenters. The fourth-order valence-electron chi connectivity index (χ4n) is 3.44. The predicted molar refractivity (Wildman–Crippen MR) is 115 cm³/mol. The van der Waals surface area contributed by atoms with E-state index in [0.717, 1.165) is 16.7 Å². The van der Waals surface area contributed by atoms with E-state index in [9.17, 15) is 18.3 Å². The van der Waals surface area contributed by atoms with Crippen LogP contribution in [0.15, 0.2) is 41.3 Å². The van der Waals surface area contributed by atoms with Crippen molar-refractivity contribution in [2.24, 2.45) is 0 Å². The van der Waals surface area contributed by atoms with Gasteiger partial charge >= 0.3 is 0 Å². The SMILES string of the molecule is COc1cc(C)c(C)cc1S(=O)(=O)Nc1ccc(CC(=O)N2CCC(O)CC2)cc1. The highest BCUT2D eigenvalue weighted by atomic mass is 32.2. The number of aliphatic hydroxyl groups is 1. The molecule has 1 saturated heterocycles. The minimum absolute atomic E-state index is 0.00935. The third-order valence-electron chi connectivity index (χ3n) is 5.45. The zero-order valence-electron chi connectivity index (χ0n) is 17.5. The maximum Gasteiger partial charge on any atom is 0.265 e. The van der Waals surface area contributed by atoms with Gasteiger partial charge in [0.1, 0.15) is 10.6 Å². The van der Waals surface area contributed by atoms with E-state index in [1.807, 2.05) is 13.8 Å². The number of ether oxygens (including phenoxy) is 1. The molecule has 0 spiro atoms. The molecule has 2 aromatic rings. The molecule has 1 aliphatic rings. The Morgan fingerprint density at radius 1 is 1.13 bits per heavy atom. The second-order valence-electron chi connectivity index (χ2n) is 7.68. The number of nitrogens with zero attached hydrogens (tertiary/aromatic N) is 1. The standard InChI is InChI=1S/C22H28N2O5S/c1-15-12-20(29-3)21(13-16(15)2)30(27,28)23-18-6-4-17(5-7-18)14-22(26)24-10-8-19(25)9-11-24/h4-7,12-13,19,23,25H,8-11,14H2,1-3H3. The second kappa shape index (κ2) is 9.06. The smallest absolute Gasteiger partial charge is 0.265 e. The lowest BCUT2D eigenvalue weighted by Crippen LogP contribution is -2.40. The third-order valence-corrected chi connectivity index (χ3v) is 6.85. The van der Waals surface area contributed by atoms with Gasteiger partial charge in [0.25, 0.3) is 10.0 Å².